The average Bonchev–Trinajstić information content (AvgIpc) is 2.85. The molecule has 0 heterocycles. The standard InChI is InChI=1S/C27H32N2O4S2/c1-22-9-11-24(12-10-22)21-34-18-6-17-28-27(30)19-29(35(2,31)32)25-13-15-26(16-14-25)33-20-23-7-4-3-5-8-23/h3-5,7-16H,6,17-21H2,1-2H3,(H,28,30). The van der Waals surface area contributed by atoms with Crippen molar-refractivity contribution in [2.75, 3.05) is 29.4 Å². The van der Waals surface area contributed by atoms with E-state index < -0.39 is 10.0 Å². The van der Waals surface area contributed by atoms with E-state index in [9.17, 15) is 13.2 Å². The second kappa shape index (κ2) is 13.2. The smallest absolute Gasteiger partial charge is 0.240 e. The Labute approximate surface area is 212 Å². The minimum Gasteiger partial charge on any atom is -0.489 e. The Morgan fingerprint density at radius 3 is 2.29 bits per heavy atom. The SMILES string of the molecule is Cc1ccc(CSCCCNC(=O)CN(c2ccc(OCc3ccccc3)cc2)S(C)(=O)=O)cc1. The van der Waals surface area contributed by atoms with Crippen LogP contribution in [-0.2, 0) is 27.2 Å². The molecule has 3 rings (SSSR count). The Kier molecular flexibility index (Phi) is 10.0. The lowest BCUT2D eigenvalue weighted by atomic mass is 10.2. The zero-order valence-corrected chi connectivity index (χ0v) is 21.8. The molecule has 0 aromatic heterocycles. The quantitative estimate of drug-likeness (QED) is 0.334. The highest BCUT2D eigenvalue weighted by atomic mass is 32.2. The van der Waals surface area contributed by atoms with Crippen molar-refractivity contribution in [1.82, 2.24) is 5.32 Å². The van der Waals surface area contributed by atoms with Gasteiger partial charge in [-0.1, -0.05) is 60.2 Å². The number of carbonyl (C=O) groups excluding carboxylic acids is 1. The molecule has 0 bridgehead atoms. The molecule has 0 spiro atoms. The number of nitrogens with one attached hydrogen (secondary N) is 1. The molecule has 3 aromatic rings. The van der Waals surface area contributed by atoms with Crippen LogP contribution in [0.3, 0.4) is 0 Å². The topological polar surface area (TPSA) is 75.7 Å². The number of thioether (sulfide) groups is 1. The Morgan fingerprint density at radius 2 is 1.63 bits per heavy atom. The van der Waals surface area contributed by atoms with E-state index in [0.29, 0.717) is 24.6 Å². The molecule has 8 heteroatoms. The molecule has 1 N–H and O–H groups in total. The average molecular weight is 513 g/mol. The fraction of sp³-hybridized carbons (Fsp3) is 0.296. The number of aryl methyl sites for hydroxylation is 1. The van der Waals surface area contributed by atoms with Crippen molar-refractivity contribution in [1.29, 1.82) is 0 Å². The molecule has 0 fully saturated rings. The minimum absolute atomic E-state index is 0.264. The van der Waals surface area contributed by atoms with Crippen LogP contribution < -0.4 is 14.4 Å². The molecule has 1 amide bonds. The predicted molar refractivity (Wildman–Crippen MR) is 144 cm³/mol. The highest BCUT2D eigenvalue weighted by Gasteiger charge is 2.20. The number of rotatable bonds is 13. The Balaban J connectivity index is 1.43. The number of nitrogens with zero attached hydrogens (tertiary/aromatic N) is 1. The summed E-state index contributed by atoms with van der Waals surface area (Å²) >= 11 is 1.81. The Hall–Kier alpha value is -2.97. The summed E-state index contributed by atoms with van der Waals surface area (Å²) < 4.78 is 31.6. The summed E-state index contributed by atoms with van der Waals surface area (Å²) in [7, 11) is -3.63. The number of sulfonamides is 1. The van der Waals surface area contributed by atoms with Crippen molar-refractivity contribution in [2.24, 2.45) is 0 Å². The van der Waals surface area contributed by atoms with Gasteiger partial charge in [0, 0.05) is 12.3 Å². The van der Waals surface area contributed by atoms with E-state index in [1.165, 1.54) is 11.1 Å². The van der Waals surface area contributed by atoms with Crippen molar-refractivity contribution in [3.05, 3.63) is 95.6 Å². The van der Waals surface area contributed by atoms with Gasteiger partial charge in [0.1, 0.15) is 18.9 Å². The molecule has 0 aliphatic rings. The molecule has 0 atom stereocenters. The summed E-state index contributed by atoms with van der Waals surface area (Å²) in [5.74, 6) is 2.14. The van der Waals surface area contributed by atoms with E-state index in [4.69, 9.17) is 4.74 Å². The number of hydrogen-bond donors (Lipinski definition) is 1. The zero-order valence-electron chi connectivity index (χ0n) is 20.1. The van der Waals surface area contributed by atoms with Crippen LogP contribution >= 0.6 is 11.8 Å². The maximum atomic E-state index is 12.4. The van der Waals surface area contributed by atoms with Crippen LogP contribution in [0.25, 0.3) is 0 Å². The lowest BCUT2D eigenvalue weighted by Gasteiger charge is -2.22. The molecular weight excluding hydrogens is 480 g/mol. The third kappa shape index (κ3) is 9.30. The van der Waals surface area contributed by atoms with Gasteiger partial charge in [-0.25, -0.2) is 8.42 Å². The summed E-state index contributed by atoms with van der Waals surface area (Å²) in [5, 5.41) is 2.83. The monoisotopic (exact) mass is 512 g/mol. The van der Waals surface area contributed by atoms with Gasteiger partial charge >= 0.3 is 0 Å². The second-order valence-corrected chi connectivity index (χ2v) is 11.3. The summed E-state index contributed by atoms with van der Waals surface area (Å²) in [6.07, 6.45) is 1.91. The van der Waals surface area contributed by atoms with E-state index >= 15 is 0 Å². The molecule has 0 radical (unpaired) electrons. The van der Waals surface area contributed by atoms with E-state index in [1.54, 1.807) is 24.3 Å². The highest BCUT2D eigenvalue weighted by molar-refractivity contribution is 7.98. The van der Waals surface area contributed by atoms with Crippen molar-refractivity contribution in [2.45, 2.75) is 25.7 Å². The summed E-state index contributed by atoms with van der Waals surface area (Å²) in [6, 6.07) is 25.0. The van der Waals surface area contributed by atoms with Crippen molar-refractivity contribution in [3.63, 3.8) is 0 Å². The lowest BCUT2D eigenvalue weighted by Crippen LogP contribution is -2.40. The minimum atomic E-state index is -3.63. The first-order valence-corrected chi connectivity index (χ1v) is 14.5. The molecule has 0 unspecified atom stereocenters. The van der Waals surface area contributed by atoms with E-state index in [1.807, 2.05) is 42.1 Å². The number of amides is 1. The van der Waals surface area contributed by atoms with Gasteiger partial charge in [-0.2, -0.15) is 11.8 Å². The van der Waals surface area contributed by atoms with E-state index in [-0.39, 0.29) is 12.5 Å². The fourth-order valence-electron chi connectivity index (χ4n) is 3.31. The lowest BCUT2D eigenvalue weighted by molar-refractivity contribution is -0.119. The molecule has 0 aliphatic heterocycles. The van der Waals surface area contributed by atoms with Crippen molar-refractivity contribution in [3.8, 4) is 5.75 Å². The molecule has 0 aliphatic carbocycles. The third-order valence-corrected chi connectivity index (χ3v) is 7.49. The molecular formula is C27H32N2O4S2. The van der Waals surface area contributed by atoms with Crippen LogP contribution in [-0.4, -0.2) is 39.4 Å². The third-order valence-electron chi connectivity index (χ3n) is 5.24. The summed E-state index contributed by atoms with van der Waals surface area (Å²) in [5.41, 5.74) is 3.99. The number of carbonyl (C=O) groups is 1. The van der Waals surface area contributed by atoms with Gasteiger partial charge in [0.05, 0.1) is 11.9 Å². The van der Waals surface area contributed by atoms with Crippen molar-refractivity contribution < 1.29 is 17.9 Å². The maximum absolute atomic E-state index is 12.4. The van der Waals surface area contributed by atoms with Gasteiger partial charge in [0.15, 0.2) is 0 Å². The first-order chi connectivity index (χ1) is 16.8. The van der Waals surface area contributed by atoms with Crippen molar-refractivity contribution >= 4 is 33.4 Å². The van der Waals surface area contributed by atoms with Crippen LogP contribution in [0, 0.1) is 6.92 Å². The molecule has 35 heavy (non-hydrogen) atoms. The number of benzene rings is 3. The normalized spacial score (nSPS) is 11.1. The fourth-order valence-corrected chi connectivity index (χ4v) is 5.09. The van der Waals surface area contributed by atoms with Gasteiger partial charge in [-0.15, -0.1) is 0 Å². The van der Waals surface area contributed by atoms with Gasteiger partial charge < -0.3 is 10.1 Å². The first kappa shape index (κ1) is 26.6. The molecule has 3 aromatic carbocycles. The Bertz CT molecular complexity index is 1170. The van der Waals surface area contributed by atoms with E-state index in [2.05, 4.69) is 36.5 Å². The number of anilines is 1. The maximum Gasteiger partial charge on any atom is 0.240 e. The van der Waals surface area contributed by atoms with Crippen LogP contribution in [0.1, 0.15) is 23.1 Å². The molecule has 0 saturated heterocycles. The highest BCUT2D eigenvalue weighted by Crippen LogP contribution is 2.22. The number of hydrogen-bond acceptors (Lipinski definition) is 5. The van der Waals surface area contributed by atoms with Crippen LogP contribution in [0.4, 0.5) is 5.69 Å². The predicted octanol–water partition coefficient (Wildman–Crippen LogP) is 4.78. The van der Waals surface area contributed by atoms with Gasteiger partial charge in [-0.05, 0) is 54.5 Å². The van der Waals surface area contributed by atoms with Gasteiger partial charge in [0.2, 0.25) is 15.9 Å². The molecule has 186 valence electrons. The molecule has 6 nitrogen and oxygen atoms in total. The summed E-state index contributed by atoms with van der Waals surface area (Å²) in [6.45, 7) is 2.73. The Morgan fingerprint density at radius 1 is 0.943 bits per heavy atom. The van der Waals surface area contributed by atoms with Crippen LogP contribution in [0.15, 0.2) is 78.9 Å². The molecule has 0 saturated carbocycles. The van der Waals surface area contributed by atoms with E-state index in [0.717, 1.165) is 34.1 Å². The first-order valence-electron chi connectivity index (χ1n) is 11.5. The number of ether oxygens (including phenoxy) is 1. The van der Waals surface area contributed by atoms with Gasteiger partial charge in [-0.3, -0.25) is 9.10 Å². The van der Waals surface area contributed by atoms with Crippen LogP contribution in [0.5, 0.6) is 5.75 Å². The largest absolute Gasteiger partial charge is 0.489 e. The summed E-state index contributed by atoms with van der Waals surface area (Å²) in [4.78, 5) is 12.4. The van der Waals surface area contributed by atoms with Crippen LogP contribution in [0.2, 0.25) is 0 Å². The van der Waals surface area contributed by atoms with Gasteiger partial charge in [0.25, 0.3) is 0 Å². The zero-order chi connectivity index (χ0) is 25.1. The second-order valence-electron chi connectivity index (χ2n) is 8.28.